The summed E-state index contributed by atoms with van der Waals surface area (Å²) < 4.78 is 7.32. The van der Waals surface area contributed by atoms with Gasteiger partial charge in [0.05, 0.1) is 21.7 Å². The van der Waals surface area contributed by atoms with Crippen molar-refractivity contribution in [3.8, 4) is 11.8 Å². The fourth-order valence-corrected chi connectivity index (χ4v) is 2.71. The maximum absolute atomic E-state index is 11.1. The lowest BCUT2D eigenvalue weighted by Gasteiger charge is -2.32. The Hall–Kier alpha value is -1.83. The van der Waals surface area contributed by atoms with Crippen molar-refractivity contribution in [3.05, 3.63) is 23.0 Å². The van der Waals surface area contributed by atoms with Crippen molar-refractivity contribution in [2.45, 2.75) is 25.4 Å². The summed E-state index contributed by atoms with van der Waals surface area (Å²) in [6.07, 6.45) is 1.50. The first-order chi connectivity index (χ1) is 8.61. The molecule has 1 aromatic rings. The first-order valence-corrected chi connectivity index (χ1v) is 6.14. The third-order valence-corrected chi connectivity index (χ3v) is 3.81. The van der Waals surface area contributed by atoms with Crippen molar-refractivity contribution in [2.24, 2.45) is 0 Å². The van der Waals surface area contributed by atoms with Gasteiger partial charge >= 0.3 is 0 Å². The molecule has 2 aliphatic rings. The van der Waals surface area contributed by atoms with Crippen LogP contribution in [0.1, 0.15) is 24.1 Å². The number of aromatic nitrogens is 1. The predicted octanol–water partition coefficient (Wildman–Crippen LogP) is 2.02. The Morgan fingerprint density at radius 3 is 2.89 bits per heavy atom. The van der Waals surface area contributed by atoms with E-state index in [0.29, 0.717) is 28.5 Å². The lowest BCUT2D eigenvalue weighted by Crippen LogP contribution is -2.35. The summed E-state index contributed by atoms with van der Waals surface area (Å²) >= 11 is 3.31. The summed E-state index contributed by atoms with van der Waals surface area (Å²) in [6, 6.07) is 3.77. The number of pyridine rings is 1. The molecular weight excluding hydrogens is 298 g/mol. The van der Waals surface area contributed by atoms with Gasteiger partial charge in [-0.1, -0.05) is 0 Å². The molecule has 5 nitrogen and oxygen atoms in total. The van der Waals surface area contributed by atoms with Crippen LogP contribution in [0.4, 0.5) is 5.82 Å². The molecule has 1 aliphatic carbocycles. The van der Waals surface area contributed by atoms with Crippen molar-refractivity contribution in [1.29, 1.82) is 5.26 Å². The minimum absolute atomic E-state index is 0.386. The van der Waals surface area contributed by atoms with Crippen molar-refractivity contribution in [1.82, 2.24) is 4.98 Å². The van der Waals surface area contributed by atoms with E-state index in [1.807, 2.05) is 5.94 Å². The SMILES string of the molecule is Cc1cc(C#N)c2c(n1)N(Br)C(=C=O)C1(CC1)O2. The van der Waals surface area contributed by atoms with E-state index in [4.69, 9.17) is 10.00 Å². The zero-order valence-electron chi connectivity index (χ0n) is 9.53. The van der Waals surface area contributed by atoms with Crippen LogP contribution in [0.2, 0.25) is 0 Å². The van der Waals surface area contributed by atoms with Gasteiger partial charge in [0.1, 0.15) is 6.07 Å². The molecule has 1 spiro atoms. The highest BCUT2D eigenvalue weighted by molar-refractivity contribution is 9.10. The largest absolute Gasteiger partial charge is 0.475 e. The van der Waals surface area contributed by atoms with Gasteiger partial charge in [0.25, 0.3) is 0 Å². The highest BCUT2D eigenvalue weighted by atomic mass is 79.9. The van der Waals surface area contributed by atoms with Crippen molar-refractivity contribution in [3.63, 3.8) is 0 Å². The number of anilines is 1. The van der Waals surface area contributed by atoms with E-state index in [1.165, 1.54) is 3.93 Å². The molecule has 90 valence electrons. The minimum Gasteiger partial charge on any atom is -0.475 e. The number of rotatable bonds is 0. The Morgan fingerprint density at radius 2 is 2.33 bits per heavy atom. The molecule has 1 aliphatic heterocycles. The highest BCUT2D eigenvalue weighted by Crippen LogP contribution is 2.54. The number of nitrogens with zero attached hydrogens (tertiary/aromatic N) is 3. The molecule has 1 fully saturated rings. The summed E-state index contributed by atoms with van der Waals surface area (Å²) in [5.74, 6) is 2.76. The fraction of sp³-hybridized carbons (Fsp3) is 0.333. The summed E-state index contributed by atoms with van der Waals surface area (Å²) in [6.45, 7) is 1.79. The van der Waals surface area contributed by atoms with Gasteiger partial charge < -0.3 is 4.74 Å². The smallest absolute Gasteiger partial charge is 0.188 e. The number of ether oxygens (including phenoxy) is 1. The molecule has 1 saturated carbocycles. The normalized spacial score (nSPS) is 18.7. The monoisotopic (exact) mass is 305 g/mol. The van der Waals surface area contributed by atoms with Crippen LogP contribution in [-0.4, -0.2) is 16.5 Å². The van der Waals surface area contributed by atoms with E-state index >= 15 is 0 Å². The molecule has 0 radical (unpaired) electrons. The number of fused-ring (bicyclic) bond motifs is 1. The molecule has 3 rings (SSSR count). The summed E-state index contributed by atoms with van der Waals surface area (Å²) in [4.78, 5) is 15.4. The first-order valence-electron chi connectivity index (χ1n) is 5.43. The van der Waals surface area contributed by atoms with Crippen molar-refractivity contribution < 1.29 is 9.53 Å². The molecular formula is C12H8BrN3O2. The molecule has 0 atom stereocenters. The van der Waals surface area contributed by atoms with Gasteiger partial charge in [-0.25, -0.2) is 13.7 Å². The number of aryl methyl sites for hydroxylation is 1. The Morgan fingerprint density at radius 1 is 1.61 bits per heavy atom. The minimum atomic E-state index is -0.624. The van der Waals surface area contributed by atoms with Crippen LogP contribution in [0, 0.1) is 18.3 Å². The lowest BCUT2D eigenvalue weighted by atomic mass is 10.1. The van der Waals surface area contributed by atoms with Crippen LogP contribution in [-0.2, 0) is 4.79 Å². The molecule has 6 heteroatoms. The van der Waals surface area contributed by atoms with E-state index in [9.17, 15) is 4.79 Å². The Labute approximate surface area is 112 Å². The molecule has 1 aromatic heterocycles. The number of hydrogen-bond acceptors (Lipinski definition) is 5. The van der Waals surface area contributed by atoms with Crippen LogP contribution in [0.15, 0.2) is 11.8 Å². The number of halogens is 1. The van der Waals surface area contributed by atoms with E-state index < -0.39 is 5.60 Å². The number of carbonyl (C=O) groups excluding carboxylic acids is 1. The van der Waals surface area contributed by atoms with Gasteiger partial charge in [-0.05, 0) is 25.8 Å². The zero-order chi connectivity index (χ0) is 12.9. The second-order valence-electron chi connectivity index (χ2n) is 4.40. The third-order valence-electron chi connectivity index (χ3n) is 3.12. The molecule has 0 aromatic carbocycles. The topological polar surface area (TPSA) is 66.2 Å². The maximum Gasteiger partial charge on any atom is 0.188 e. The van der Waals surface area contributed by atoms with Crippen molar-refractivity contribution >= 4 is 27.9 Å². The quantitative estimate of drug-likeness (QED) is 0.542. The first kappa shape index (κ1) is 11.3. The van der Waals surface area contributed by atoms with Crippen molar-refractivity contribution in [2.75, 3.05) is 3.93 Å². The number of nitriles is 1. The molecule has 18 heavy (non-hydrogen) atoms. The van der Waals surface area contributed by atoms with E-state index in [2.05, 4.69) is 27.2 Å². The van der Waals surface area contributed by atoms with Crippen LogP contribution in [0.25, 0.3) is 0 Å². The Bertz CT molecular complexity index is 639. The maximum atomic E-state index is 11.1. The molecule has 0 bridgehead atoms. The Balaban J connectivity index is 2.26. The Kier molecular flexibility index (Phi) is 2.24. The van der Waals surface area contributed by atoms with Gasteiger partial charge in [-0.3, -0.25) is 0 Å². The molecule has 0 saturated heterocycles. The van der Waals surface area contributed by atoms with Gasteiger partial charge in [0.15, 0.2) is 28.8 Å². The highest BCUT2D eigenvalue weighted by Gasteiger charge is 2.56. The van der Waals surface area contributed by atoms with Crippen LogP contribution in [0.5, 0.6) is 5.75 Å². The van der Waals surface area contributed by atoms with Gasteiger partial charge in [0, 0.05) is 5.69 Å². The van der Waals surface area contributed by atoms with Crippen LogP contribution in [0.3, 0.4) is 0 Å². The zero-order valence-corrected chi connectivity index (χ0v) is 11.1. The van der Waals surface area contributed by atoms with Gasteiger partial charge in [-0.2, -0.15) is 5.26 Å². The molecule has 2 heterocycles. The van der Waals surface area contributed by atoms with Crippen LogP contribution >= 0.6 is 16.1 Å². The second-order valence-corrected chi connectivity index (χ2v) is 5.11. The summed E-state index contributed by atoms with van der Waals surface area (Å²) in [5.41, 5.74) is 0.881. The number of hydrogen-bond donors (Lipinski definition) is 0. The van der Waals surface area contributed by atoms with E-state index in [1.54, 1.807) is 13.0 Å². The predicted molar refractivity (Wildman–Crippen MR) is 66.9 cm³/mol. The third kappa shape index (κ3) is 1.38. The average molecular weight is 306 g/mol. The average Bonchev–Trinajstić information content (AvgIpc) is 3.11. The van der Waals surface area contributed by atoms with Gasteiger partial charge in [-0.15, -0.1) is 0 Å². The fourth-order valence-electron chi connectivity index (χ4n) is 2.08. The van der Waals surface area contributed by atoms with Crippen LogP contribution < -0.4 is 8.66 Å². The second kappa shape index (κ2) is 3.58. The lowest BCUT2D eigenvalue weighted by molar-refractivity contribution is 0.207. The molecule has 0 N–H and O–H groups in total. The summed E-state index contributed by atoms with van der Waals surface area (Å²) in [7, 11) is 0. The van der Waals surface area contributed by atoms with E-state index in [-0.39, 0.29) is 0 Å². The summed E-state index contributed by atoms with van der Waals surface area (Å²) in [5, 5.41) is 9.14. The van der Waals surface area contributed by atoms with E-state index in [0.717, 1.165) is 12.8 Å². The molecule has 0 amide bonds. The standard InChI is InChI=1S/C12H8BrN3O2/c1-7-4-8(5-14)10-11(15-7)16(13)9(6-17)12(18-10)2-3-12/h4H,2-3H2,1H3. The molecule has 0 unspecified atom stereocenters. The van der Waals surface area contributed by atoms with Gasteiger partial charge in [0.2, 0.25) is 0 Å².